The van der Waals surface area contributed by atoms with Crippen LogP contribution < -0.4 is 10.1 Å². The smallest absolute Gasteiger partial charge is 0.389 e. The molecule has 1 aromatic carbocycles. The van der Waals surface area contributed by atoms with Crippen molar-refractivity contribution in [2.75, 3.05) is 26.0 Å². The number of carbonyl (C=O) groups is 1. The van der Waals surface area contributed by atoms with Gasteiger partial charge in [0.2, 0.25) is 10.0 Å². The summed E-state index contributed by atoms with van der Waals surface area (Å²) in [5.74, 6) is -1.16. The topological polar surface area (TPSA) is 95.9 Å². The molecule has 0 amide bonds. The van der Waals surface area contributed by atoms with E-state index in [9.17, 15) is 31.5 Å². The Hall–Kier alpha value is -2.01. The summed E-state index contributed by atoms with van der Waals surface area (Å²) in [4.78, 5) is 11.6. The van der Waals surface area contributed by atoms with Crippen LogP contribution in [0.2, 0.25) is 0 Å². The molecular formula is C21H31F3N2O5S. The second kappa shape index (κ2) is 11.2. The molecule has 0 heterocycles. The van der Waals surface area contributed by atoms with Crippen molar-refractivity contribution in [1.29, 1.82) is 0 Å². The Labute approximate surface area is 187 Å². The lowest BCUT2D eigenvalue weighted by Gasteiger charge is -2.28. The minimum Gasteiger partial charge on any atom is -0.489 e. The first-order valence-corrected chi connectivity index (χ1v) is 12.2. The first-order valence-electron chi connectivity index (χ1n) is 10.7. The van der Waals surface area contributed by atoms with Crippen molar-refractivity contribution in [2.24, 2.45) is 0 Å². The van der Waals surface area contributed by atoms with Crippen LogP contribution in [0, 0.1) is 0 Å². The van der Waals surface area contributed by atoms with Gasteiger partial charge in [-0.05, 0) is 38.2 Å². The van der Waals surface area contributed by atoms with Crippen molar-refractivity contribution >= 4 is 21.7 Å². The fourth-order valence-corrected chi connectivity index (χ4v) is 4.31. The number of unbranched alkanes of at least 4 members (excludes halogenated alkanes) is 4. The Morgan fingerprint density at radius 1 is 1.16 bits per heavy atom. The zero-order valence-corrected chi connectivity index (χ0v) is 19.2. The number of nitrogens with one attached hydrogen (secondary N) is 1. The summed E-state index contributed by atoms with van der Waals surface area (Å²) in [5, 5.41) is 12.6. The van der Waals surface area contributed by atoms with Gasteiger partial charge in [0.15, 0.2) is 0 Å². The number of sulfonamides is 1. The minimum atomic E-state index is -4.13. The van der Waals surface area contributed by atoms with E-state index in [0.29, 0.717) is 32.2 Å². The molecule has 1 aromatic rings. The number of aromatic carboxylic acids is 1. The van der Waals surface area contributed by atoms with E-state index in [0.717, 1.165) is 29.6 Å². The first kappa shape index (κ1) is 26.2. The molecule has 0 aromatic heterocycles. The van der Waals surface area contributed by atoms with Gasteiger partial charge < -0.3 is 15.2 Å². The van der Waals surface area contributed by atoms with Gasteiger partial charge in [-0.15, -0.1) is 0 Å². The van der Waals surface area contributed by atoms with Crippen LogP contribution in [-0.2, 0) is 10.0 Å². The standard InChI is InChI=1S/C21H31F3N2O5S/c1-26(2)32(29,30)19-13-16(20(27)28)18(31-15-9-8-10-15)14-17(19)25-12-7-5-3-4-6-11-21(22,23)24/h13-15,25H,3-12H2,1-2H3,(H,27,28). The van der Waals surface area contributed by atoms with Crippen molar-refractivity contribution in [3.8, 4) is 5.75 Å². The molecule has 0 saturated heterocycles. The van der Waals surface area contributed by atoms with E-state index in [1.165, 1.54) is 20.2 Å². The Morgan fingerprint density at radius 3 is 2.31 bits per heavy atom. The summed E-state index contributed by atoms with van der Waals surface area (Å²) in [5.41, 5.74) is 0.0302. The van der Waals surface area contributed by atoms with Crippen LogP contribution in [0.25, 0.3) is 0 Å². The number of anilines is 1. The average molecular weight is 481 g/mol. The third kappa shape index (κ3) is 7.54. The molecule has 0 unspecified atom stereocenters. The maximum atomic E-state index is 12.8. The van der Waals surface area contributed by atoms with E-state index in [1.54, 1.807) is 0 Å². The van der Waals surface area contributed by atoms with Crippen LogP contribution in [0.4, 0.5) is 18.9 Å². The summed E-state index contributed by atoms with van der Waals surface area (Å²) in [6.45, 7) is 0.393. The third-order valence-electron chi connectivity index (χ3n) is 5.37. The molecule has 1 fully saturated rings. The Bertz CT molecular complexity index is 884. The lowest BCUT2D eigenvalue weighted by molar-refractivity contribution is -0.135. The molecule has 7 nitrogen and oxygen atoms in total. The lowest BCUT2D eigenvalue weighted by Crippen LogP contribution is -2.27. The Balaban J connectivity index is 2.09. The molecule has 0 aliphatic heterocycles. The molecule has 32 heavy (non-hydrogen) atoms. The highest BCUT2D eigenvalue weighted by molar-refractivity contribution is 7.89. The number of carboxylic acids is 1. The number of hydrogen-bond donors (Lipinski definition) is 2. The number of carboxylic acid groups (broad SMARTS) is 1. The van der Waals surface area contributed by atoms with Gasteiger partial charge in [-0.2, -0.15) is 13.2 Å². The maximum absolute atomic E-state index is 12.8. The van der Waals surface area contributed by atoms with E-state index in [1.807, 2.05) is 0 Å². The fraction of sp³-hybridized carbons (Fsp3) is 0.667. The van der Waals surface area contributed by atoms with E-state index in [4.69, 9.17) is 4.74 Å². The number of benzene rings is 1. The first-order chi connectivity index (χ1) is 14.9. The van der Waals surface area contributed by atoms with Gasteiger partial charge in [-0.25, -0.2) is 17.5 Å². The Morgan fingerprint density at radius 2 is 1.78 bits per heavy atom. The van der Waals surface area contributed by atoms with Gasteiger partial charge in [0.05, 0.1) is 11.8 Å². The SMILES string of the molecule is CN(C)S(=O)(=O)c1cc(C(=O)O)c(OC2CCC2)cc1NCCCCCCCC(F)(F)F. The monoisotopic (exact) mass is 480 g/mol. The number of ether oxygens (including phenoxy) is 1. The maximum Gasteiger partial charge on any atom is 0.389 e. The molecule has 0 bridgehead atoms. The summed E-state index contributed by atoms with van der Waals surface area (Å²) in [6.07, 6.45) is 0.173. The second-order valence-corrected chi connectivity index (χ2v) is 10.3. The van der Waals surface area contributed by atoms with Gasteiger partial charge >= 0.3 is 12.1 Å². The Kier molecular flexibility index (Phi) is 9.20. The molecular weight excluding hydrogens is 449 g/mol. The van der Waals surface area contributed by atoms with Crippen molar-refractivity contribution in [3.05, 3.63) is 17.7 Å². The normalized spacial score (nSPS) is 14.9. The highest BCUT2D eigenvalue weighted by Crippen LogP contribution is 2.35. The van der Waals surface area contributed by atoms with Gasteiger partial charge in [-0.1, -0.05) is 19.3 Å². The van der Waals surface area contributed by atoms with Crippen LogP contribution in [0.15, 0.2) is 17.0 Å². The predicted molar refractivity (Wildman–Crippen MR) is 115 cm³/mol. The summed E-state index contributed by atoms with van der Waals surface area (Å²) < 4.78 is 68.9. The molecule has 1 aliphatic carbocycles. The van der Waals surface area contributed by atoms with Crippen LogP contribution in [0.5, 0.6) is 5.75 Å². The van der Waals surface area contributed by atoms with E-state index in [-0.39, 0.29) is 34.4 Å². The summed E-state index contributed by atoms with van der Waals surface area (Å²) >= 11 is 0. The van der Waals surface area contributed by atoms with Gasteiger partial charge in [0.1, 0.15) is 16.2 Å². The highest BCUT2D eigenvalue weighted by Gasteiger charge is 2.28. The van der Waals surface area contributed by atoms with Crippen LogP contribution in [0.1, 0.15) is 68.1 Å². The number of alkyl halides is 3. The molecule has 0 spiro atoms. The molecule has 0 atom stereocenters. The average Bonchev–Trinajstić information content (AvgIpc) is 2.65. The van der Waals surface area contributed by atoms with Gasteiger partial charge in [-0.3, -0.25) is 0 Å². The largest absolute Gasteiger partial charge is 0.489 e. The molecule has 2 rings (SSSR count). The molecule has 0 radical (unpaired) electrons. The highest BCUT2D eigenvalue weighted by atomic mass is 32.2. The van der Waals surface area contributed by atoms with E-state index < -0.39 is 28.6 Å². The van der Waals surface area contributed by atoms with Gasteiger partial charge in [0, 0.05) is 33.1 Å². The van der Waals surface area contributed by atoms with E-state index >= 15 is 0 Å². The third-order valence-corrected chi connectivity index (χ3v) is 7.22. The molecule has 1 aliphatic rings. The van der Waals surface area contributed by atoms with E-state index in [2.05, 4.69) is 5.32 Å². The predicted octanol–water partition coefficient (Wildman–Crippen LogP) is 4.88. The minimum absolute atomic E-state index is 0.0889. The molecule has 11 heteroatoms. The molecule has 182 valence electrons. The number of rotatable bonds is 13. The van der Waals surface area contributed by atoms with Crippen molar-refractivity contribution in [3.63, 3.8) is 0 Å². The number of nitrogens with zero attached hydrogens (tertiary/aromatic N) is 1. The quantitative estimate of drug-likeness (QED) is 0.391. The lowest BCUT2D eigenvalue weighted by atomic mass is 9.96. The molecule has 1 saturated carbocycles. The van der Waals surface area contributed by atoms with Gasteiger partial charge in [0.25, 0.3) is 0 Å². The number of halogens is 3. The molecule has 2 N–H and O–H groups in total. The summed E-state index contributed by atoms with van der Waals surface area (Å²) in [6, 6.07) is 2.53. The summed E-state index contributed by atoms with van der Waals surface area (Å²) in [7, 11) is -1.20. The second-order valence-electron chi connectivity index (χ2n) is 8.17. The zero-order chi connectivity index (χ0) is 23.9. The van der Waals surface area contributed by atoms with Crippen LogP contribution >= 0.6 is 0 Å². The number of hydrogen-bond acceptors (Lipinski definition) is 5. The van der Waals surface area contributed by atoms with Crippen LogP contribution in [0.3, 0.4) is 0 Å². The van der Waals surface area contributed by atoms with Crippen molar-refractivity contribution < 1.29 is 36.2 Å². The van der Waals surface area contributed by atoms with Crippen LogP contribution in [-0.4, -0.2) is 56.7 Å². The fourth-order valence-electron chi connectivity index (χ4n) is 3.24. The van der Waals surface area contributed by atoms with Crippen molar-refractivity contribution in [1.82, 2.24) is 4.31 Å². The zero-order valence-electron chi connectivity index (χ0n) is 18.4. The van der Waals surface area contributed by atoms with Crippen molar-refractivity contribution in [2.45, 2.75) is 75.0 Å².